The number of hydrogen-bond donors (Lipinski definition) is 2. The summed E-state index contributed by atoms with van der Waals surface area (Å²) in [6.45, 7) is 1.25. The van der Waals surface area contributed by atoms with Crippen molar-refractivity contribution in [1.29, 1.82) is 0 Å². The van der Waals surface area contributed by atoms with Crippen molar-refractivity contribution < 1.29 is 9.53 Å². The van der Waals surface area contributed by atoms with Crippen molar-refractivity contribution >= 4 is 17.2 Å². The molecule has 1 unspecified atom stereocenters. The maximum Gasteiger partial charge on any atom is 0.167 e. The van der Waals surface area contributed by atoms with Crippen molar-refractivity contribution in [2.24, 2.45) is 5.92 Å². The highest BCUT2D eigenvalue weighted by molar-refractivity contribution is 6.07. The minimum Gasteiger partial charge on any atom is -0.377 e. The Bertz CT molecular complexity index is 1200. The van der Waals surface area contributed by atoms with Gasteiger partial charge in [0, 0.05) is 42.4 Å². The summed E-state index contributed by atoms with van der Waals surface area (Å²) < 4.78 is 5.88. The number of carbonyl (C=O) groups is 1. The van der Waals surface area contributed by atoms with Gasteiger partial charge >= 0.3 is 0 Å². The second kappa shape index (κ2) is 9.84. The molecule has 0 radical (unpaired) electrons. The molecule has 2 aromatic heterocycles. The van der Waals surface area contributed by atoms with Gasteiger partial charge in [-0.3, -0.25) is 9.78 Å². The Hall–Kier alpha value is -3.70. The third kappa shape index (κ3) is 4.89. The van der Waals surface area contributed by atoms with Crippen molar-refractivity contribution in [3.63, 3.8) is 0 Å². The maximum absolute atomic E-state index is 13.3. The third-order valence-electron chi connectivity index (χ3n) is 6.12. The number of rotatable bonds is 8. The van der Waals surface area contributed by atoms with Gasteiger partial charge in [0.25, 0.3) is 0 Å². The van der Waals surface area contributed by atoms with Gasteiger partial charge in [0.15, 0.2) is 5.78 Å². The molecule has 0 saturated heterocycles. The molecule has 0 saturated carbocycles. The van der Waals surface area contributed by atoms with Gasteiger partial charge in [0.05, 0.1) is 23.6 Å². The van der Waals surface area contributed by atoms with E-state index in [1.165, 1.54) is 5.56 Å². The molecule has 5 nitrogen and oxygen atoms in total. The predicted molar refractivity (Wildman–Crippen MR) is 131 cm³/mol. The number of H-pyrrole nitrogens is 1. The van der Waals surface area contributed by atoms with Crippen LogP contribution in [0, 0.1) is 5.92 Å². The van der Waals surface area contributed by atoms with E-state index in [4.69, 9.17) is 4.74 Å². The number of Topliss-reactive ketones (excluding diaryl/α,β-unsaturated/α-hetero) is 1. The van der Waals surface area contributed by atoms with Gasteiger partial charge in [-0.1, -0.05) is 48.5 Å². The topological polar surface area (TPSA) is 67.0 Å². The van der Waals surface area contributed by atoms with Crippen LogP contribution in [0.15, 0.2) is 85.2 Å². The van der Waals surface area contributed by atoms with Gasteiger partial charge in [-0.15, -0.1) is 0 Å². The highest BCUT2D eigenvalue weighted by Crippen LogP contribution is 2.40. The zero-order valence-corrected chi connectivity index (χ0v) is 18.5. The van der Waals surface area contributed by atoms with Crippen LogP contribution in [0.3, 0.4) is 0 Å². The summed E-state index contributed by atoms with van der Waals surface area (Å²) in [5.41, 5.74) is 6.71. The molecule has 166 valence electrons. The number of fused-ring (bicyclic) bond motifs is 1. The van der Waals surface area contributed by atoms with E-state index in [1.54, 1.807) is 12.4 Å². The van der Waals surface area contributed by atoms with Gasteiger partial charge in [-0.25, -0.2) is 0 Å². The summed E-state index contributed by atoms with van der Waals surface area (Å²) in [5, 5.41) is 3.50. The van der Waals surface area contributed by atoms with Crippen LogP contribution in [-0.4, -0.2) is 22.4 Å². The monoisotopic (exact) mass is 437 g/mol. The molecule has 2 N–H and O–H groups in total. The summed E-state index contributed by atoms with van der Waals surface area (Å²) in [6.07, 6.45) is 5.79. The number of nitrogens with zero attached hydrogens (tertiary/aromatic N) is 1. The fourth-order valence-corrected chi connectivity index (χ4v) is 4.48. The van der Waals surface area contributed by atoms with Crippen LogP contribution >= 0.6 is 0 Å². The van der Waals surface area contributed by atoms with Crippen LogP contribution in [0.25, 0.3) is 11.3 Å². The molecule has 0 aliphatic heterocycles. The van der Waals surface area contributed by atoms with Crippen molar-refractivity contribution in [2.45, 2.75) is 25.9 Å². The minimum absolute atomic E-state index is 0.180. The number of para-hydroxylation sites is 1. The average molecular weight is 438 g/mol. The quantitative estimate of drug-likeness (QED) is 0.323. The Balaban J connectivity index is 1.35. The number of hydrogen-bond acceptors (Lipinski definition) is 4. The summed E-state index contributed by atoms with van der Waals surface area (Å²) in [6, 6.07) is 24.1. The first-order valence-electron chi connectivity index (χ1n) is 11.4. The van der Waals surface area contributed by atoms with E-state index in [1.807, 2.05) is 60.7 Å². The molecule has 0 bridgehead atoms. The number of ether oxygens (including phenoxy) is 1. The molecule has 0 amide bonds. The number of carbonyl (C=O) groups excluding carboxylic acids is 1. The van der Waals surface area contributed by atoms with E-state index in [-0.39, 0.29) is 11.7 Å². The van der Waals surface area contributed by atoms with E-state index in [0.29, 0.717) is 19.6 Å². The number of anilines is 2. The highest BCUT2D eigenvalue weighted by Gasteiger charge is 2.31. The second-order valence-corrected chi connectivity index (χ2v) is 8.48. The molecule has 1 aliphatic rings. The van der Waals surface area contributed by atoms with Crippen LogP contribution in [0.2, 0.25) is 0 Å². The second-order valence-electron chi connectivity index (χ2n) is 8.48. The average Bonchev–Trinajstić information content (AvgIpc) is 3.22. The third-order valence-corrected chi connectivity index (χ3v) is 6.12. The Labute approximate surface area is 193 Å². The molecule has 2 aromatic carbocycles. The van der Waals surface area contributed by atoms with Crippen molar-refractivity contribution in [3.05, 3.63) is 102 Å². The number of nitrogens with one attached hydrogen (secondary N) is 2. The molecular formula is C28H27N3O2. The number of benzene rings is 2. The Morgan fingerprint density at radius 1 is 0.939 bits per heavy atom. The van der Waals surface area contributed by atoms with Crippen LogP contribution in [0.4, 0.5) is 11.4 Å². The number of ketones is 1. The summed E-state index contributed by atoms with van der Waals surface area (Å²) in [5.74, 6) is 0.452. The Kier molecular flexibility index (Phi) is 6.31. The molecule has 5 rings (SSSR count). The van der Waals surface area contributed by atoms with Gasteiger partial charge in [0.1, 0.15) is 0 Å². The van der Waals surface area contributed by atoms with E-state index in [9.17, 15) is 4.79 Å². The van der Waals surface area contributed by atoms with Crippen molar-refractivity contribution in [3.8, 4) is 11.3 Å². The van der Waals surface area contributed by atoms with E-state index in [2.05, 4.69) is 27.4 Å². The first-order valence-corrected chi connectivity index (χ1v) is 11.4. The summed E-state index contributed by atoms with van der Waals surface area (Å²) in [4.78, 5) is 21.0. The zero-order valence-electron chi connectivity index (χ0n) is 18.5. The van der Waals surface area contributed by atoms with Crippen molar-refractivity contribution in [1.82, 2.24) is 9.97 Å². The normalized spacial score (nSPS) is 15.3. The summed E-state index contributed by atoms with van der Waals surface area (Å²) in [7, 11) is 0. The fourth-order valence-electron chi connectivity index (χ4n) is 4.48. The molecular weight excluding hydrogens is 410 g/mol. The Morgan fingerprint density at radius 2 is 1.67 bits per heavy atom. The number of pyridine rings is 1. The van der Waals surface area contributed by atoms with E-state index >= 15 is 0 Å². The standard InChI is InChI=1S/C28H27N3O2/c32-25-18-21(13-16-33-19-20-7-3-1-4-8-20)17-24-26(25)28(30-23-9-5-2-6-10-23)27(31-24)22-11-14-29-15-12-22/h1-12,14-15,21,30-31H,13,16-19H2. The predicted octanol–water partition coefficient (Wildman–Crippen LogP) is 6.17. The fraction of sp³-hybridized carbons (Fsp3) is 0.214. The first-order chi connectivity index (χ1) is 16.3. The van der Waals surface area contributed by atoms with Gasteiger partial charge in [0.2, 0.25) is 0 Å². The molecule has 0 spiro atoms. The molecule has 4 aromatic rings. The van der Waals surface area contributed by atoms with Crippen molar-refractivity contribution in [2.75, 3.05) is 11.9 Å². The van der Waals surface area contributed by atoms with Crippen LogP contribution in [-0.2, 0) is 17.8 Å². The van der Waals surface area contributed by atoms with Gasteiger partial charge in [-0.05, 0) is 48.6 Å². The zero-order chi connectivity index (χ0) is 22.5. The SMILES string of the molecule is O=C1CC(CCOCc2ccccc2)Cc2[nH]c(-c3ccncc3)c(Nc3ccccc3)c21. The van der Waals surface area contributed by atoms with E-state index < -0.39 is 0 Å². The summed E-state index contributed by atoms with van der Waals surface area (Å²) >= 11 is 0. The smallest absolute Gasteiger partial charge is 0.167 e. The molecule has 33 heavy (non-hydrogen) atoms. The minimum atomic E-state index is 0.180. The lowest BCUT2D eigenvalue weighted by atomic mass is 9.84. The van der Waals surface area contributed by atoms with Gasteiger partial charge in [-0.2, -0.15) is 0 Å². The van der Waals surface area contributed by atoms with Crippen LogP contribution < -0.4 is 5.32 Å². The van der Waals surface area contributed by atoms with Crippen LogP contribution in [0.1, 0.15) is 34.5 Å². The lowest BCUT2D eigenvalue weighted by molar-refractivity contribution is 0.0880. The number of aromatic nitrogens is 2. The lowest BCUT2D eigenvalue weighted by Gasteiger charge is -2.22. The Morgan fingerprint density at radius 3 is 2.42 bits per heavy atom. The molecule has 0 fully saturated rings. The molecule has 1 aliphatic carbocycles. The largest absolute Gasteiger partial charge is 0.377 e. The van der Waals surface area contributed by atoms with Crippen LogP contribution in [0.5, 0.6) is 0 Å². The van der Waals surface area contributed by atoms with E-state index in [0.717, 1.165) is 46.7 Å². The highest BCUT2D eigenvalue weighted by atomic mass is 16.5. The molecule has 2 heterocycles. The number of aromatic amines is 1. The maximum atomic E-state index is 13.3. The molecule has 1 atom stereocenters. The van der Waals surface area contributed by atoms with Gasteiger partial charge < -0.3 is 15.0 Å². The molecule has 5 heteroatoms. The first kappa shape index (κ1) is 21.2. The lowest BCUT2D eigenvalue weighted by Crippen LogP contribution is -2.21.